The molecule has 0 bridgehead atoms. The van der Waals surface area contributed by atoms with Gasteiger partial charge in [0.1, 0.15) is 22.9 Å². The molecule has 0 spiro atoms. The van der Waals surface area contributed by atoms with Gasteiger partial charge in [-0.3, -0.25) is 19.4 Å². The molecule has 1 unspecified atom stereocenters. The van der Waals surface area contributed by atoms with Gasteiger partial charge < -0.3 is 15.0 Å². The average molecular weight is 649 g/mol. The fourth-order valence-electron chi connectivity index (χ4n) is 7.41. The van der Waals surface area contributed by atoms with Gasteiger partial charge in [-0.2, -0.15) is 5.10 Å². The van der Waals surface area contributed by atoms with Crippen LogP contribution in [0.25, 0.3) is 33.1 Å². The lowest BCUT2D eigenvalue weighted by Gasteiger charge is -2.32. The van der Waals surface area contributed by atoms with Crippen molar-refractivity contribution in [2.75, 3.05) is 44.9 Å². The first-order valence-corrected chi connectivity index (χ1v) is 17.0. The Kier molecular flexibility index (Phi) is 10.1. The highest BCUT2D eigenvalue weighted by Gasteiger charge is 2.43. The number of carbonyl (C=O) groups is 1. The molecule has 6 heterocycles. The Labute approximate surface area is 274 Å². The van der Waals surface area contributed by atoms with Crippen molar-refractivity contribution in [2.24, 2.45) is 0 Å². The highest BCUT2D eigenvalue weighted by atomic mass is 19.1. The Bertz CT molecular complexity index is 1700. The zero-order chi connectivity index (χ0) is 33.0. The maximum atomic E-state index is 16.6. The van der Waals surface area contributed by atoms with Crippen molar-refractivity contribution in [3.8, 4) is 11.3 Å². The van der Waals surface area contributed by atoms with Gasteiger partial charge in [-0.15, -0.1) is 0 Å². The van der Waals surface area contributed by atoms with Crippen LogP contribution in [0.15, 0.2) is 24.5 Å². The van der Waals surface area contributed by atoms with E-state index in [4.69, 9.17) is 14.7 Å². The van der Waals surface area contributed by atoms with Gasteiger partial charge in [-0.1, -0.05) is 19.3 Å². The second-order valence-corrected chi connectivity index (χ2v) is 13.1. The number of aromatic nitrogens is 5. The zero-order valence-electron chi connectivity index (χ0n) is 27.7. The summed E-state index contributed by atoms with van der Waals surface area (Å²) in [5.41, 5.74) is 3.27. The molecule has 4 fully saturated rings. The molecule has 47 heavy (non-hydrogen) atoms. The third kappa shape index (κ3) is 7.02. The Balaban J connectivity index is 0.000000720. The highest BCUT2D eigenvalue weighted by molar-refractivity contribution is 5.98. The third-order valence-corrected chi connectivity index (χ3v) is 9.73. The van der Waals surface area contributed by atoms with Crippen molar-refractivity contribution in [2.45, 2.75) is 89.6 Å². The summed E-state index contributed by atoms with van der Waals surface area (Å²) in [6.45, 7) is 7.64. The van der Waals surface area contributed by atoms with Crippen LogP contribution in [0.3, 0.4) is 0 Å². The SMILES string of the molecule is C1CC1.CCOC(=O)NC1CCN(c2nc(CCC34CCCN3CCC4)nc3c(F)c(-c4cc(C)cc5[nH]ncc45)ncc23)C1.CF. The zero-order valence-corrected chi connectivity index (χ0v) is 27.7. The van der Waals surface area contributed by atoms with E-state index in [0.29, 0.717) is 55.9 Å². The van der Waals surface area contributed by atoms with Crippen LogP contribution in [0.4, 0.5) is 19.4 Å². The first-order valence-electron chi connectivity index (χ1n) is 17.0. The number of alkyl halides is 1. The number of fused-ring (bicyclic) bond motifs is 3. The summed E-state index contributed by atoms with van der Waals surface area (Å²) in [5.74, 6) is 0.875. The minimum Gasteiger partial charge on any atom is -0.450 e. The van der Waals surface area contributed by atoms with Crippen LogP contribution in [0, 0.1) is 12.7 Å². The van der Waals surface area contributed by atoms with E-state index in [1.54, 1.807) is 19.3 Å². The minimum absolute atomic E-state index is 0.0827. The predicted molar refractivity (Wildman–Crippen MR) is 180 cm³/mol. The first kappa shape index (κ1) is 33.0. The number of rotatable bonds is 7. The molecule has 0 radical (unpaired) electrons. The van der Waals surface area contributed by atoms with Crippen LogP contribution in [-0.2, 0) is 11.2 Å². The van der Waals surface area contributed by atoms with Crippen LogP contribution in [0.1, 0.15) is 76.1 Å². The predicted octanol–water partition coefficient (Wildman–Crippen LogP) is 6.66. The van der Waals surface area contributed by atoms with E-state index in [-0.39, 0.29) is 22.8 Å². The van der Waals surface area contributed by atoms with Gasteiger partial charge in [0.15, 0.2) is 5.82 Å². The van der Waals surface area contributed by atoms with Crippen molar-refractivity contribution >= 4 is 33.7 Å². The number of nitrogens with zero attached hydrogens (tertiary/aromatic N) is 6. The number of hydrogen-bond acceptors (Lipinski definition) is 8. The van der Waals surface area contributed by atoms with E-state index in [9.17, 15) is 9.18 Å². The number of aryl methyl sites for hydroxylation is 2. The molecular weight excluding hydrogens is 602 g/mol. The largest absolute Gasteiger partial charge is 0.450 e. The number of amides is 1. The number of hydrogen-bond donors (Lipinski definition) is 2. The molecule has 8 rings (SSSR count). The second kappa shape index (κ2) is 14.5. The molecule has 3 aromatic heterocycles. The van der Waals surface area contributed by atoms with Crippen molar-refractivity contribution in [1.29, 1.82) is 0 Å². The van der Waals surface area contributed by atoms with Gasteiger partial charge in [0, 0.05) is 42.2 Å². The summed E-state index contributed by atoms with van der Waals surface area (Å²) in [4.78, 5) is 31.4. The standard InChI is InChI=1S/C31H37FN8O2.C3H6.CH3F/c1-3-42-30(41)35-20-7-13-39(18-20)29-23-16-33-27(21-14-19(2)15-24-22(21)17-34-38-24)26(32)28(23)36-25(37-29)6-10-31-8-4-11-40(31)12-5-9-31;1-2-3-1;1-2/h14-17,20H,3-13,18H2,1-2H3,(H,34,38)(H,35,41);1-3H2;1H3. The van der Waals surface area contributed by atoms with Crippen LogP contribution in [0.2, 0.25) is 0 Å². The molecule has 1 saturated carbocycles. The maximum Gasteiger partial charge on any atom is 0.407 e. The molecule has 3 saturated heterocycles. The van der Waals surface area contributed by atoms with Gasteiger partial charge in [-0.05, 0) is 83.2 Å². The fourth-order valence-corrected chi connectivity index (χ4v) is 7.41. The summed E-state index contributed by atoms with van der Waals surface area (Å²) >= 11 is 0. The van der Waals surface area contributed by atoms with Crippen molar-refractivity contribution in [1.82, 2.24) is 35.4 Å². The van der Waals surface area contributed by atoms with Crippen LogP contribution in [0.5, 0.6) is 0 Å². The number of carbonyl (C=O) groups excluding carboxylic acids is 1. The van der Waals surface area contributed by atoms with Crippen molar-refractivity contribution in [3.63, 3.8) is 0 Å². The molecule has 12 heteroatoms. The average Bonchev–Trinajstić information content (AvgIpc) is 3.41. The van der Waals surface area contributed by atoms with Crippen LogP contribution < -0.4 is 10.2 Å². The second-order valence-electron chi connectivity index (χ2n) is 13.1. The monoisotopic (exact) mass is 648 g/mol. The quantitative estimate of drug-likeness (QED) is 0.229. The van der Waals surface area contributed by atoms with Gasteiger partial charge in [-0.25, -0.2) is 19.2 Å². The number of pyridine rings is 1. The number of H-pyrrole nitrogens is 1. The Morgan fingerprint density at radius 2 is 1.83 bits per heavy atom. The lowest BCUT2D eigenvalue weighted by Crippen LogP contribution is -2.38. The molecule has 10 nitrogen and oxygen atoms in total. The molecule has 1 aromatic carbocycles. The molecule has 4 aromatic rings. The summed E-state index contributed by atoms with van der Waals surface area (Å²) in [6, 6.07) is 3.85. The molecule has 2 N–H and O–H groups in total. The normalized spacial score (nSPS) is 19.6. The number of halogens is 2. The number of nitrogens with one attached hydrogen (secondary N) is 2. The van der Waals surface area contributed by atoms with Gasteiger partial charge >= 0.3 is 6.09 Å². The van der Waals surface area contributed by atoms with E-state index in [1.807, 2.05) is 19.1 Å². The molecule has 1 atom stereocenters. The Morgan fingerprint density at radius 3 is 2.55 bits per heavy atom. The Hall–Kier alpha value is -3.93. The number of aromatic amines is 1. The van der Waals surface area contributed by atoms with E-state index >= 15 is 4.39 Å². The number of ether oxygens (including phenoxy) is 1. The molecule has 252 valence electrons. The molecule has 1 aliphatic carbocycles. The fraction of sp³-hybridized carbons (Fsp3) is 0.571. The van der Waals surface area contributed by atoms with E-state index in [2.05, 4.69) is 30.3 Å². The lowest BCUT2D eigenvalue weighted by atomic mass is 9.89. The van der Waals surface area contributed by atoms with Crippen molar-refractivity contribution < 1.29 is 18.3 Å². The van der Waals surface area contributed by atoms with E-state index in [1.165, 1.54) is 44.9 Å². The maximum absolute atomic E-state index is 16.6. The van der Waals surface area contributed by atoms with Crippen molar-refractivity contribution in [3.05, 3.63) is 41.7 Å². The highest BCUT2D eigenvalue weighted by Crippen LogP contribution is 2.42. The summed E-state index contributed by atoms with van der Waals surface area (Å²) in [6.07, 6.45) is 14.8. The number of benzene rings is 1. The molecule has 3 aliphatic heterocycles. The van der Waals surface area contributed by atoms with Gasteiger partial charge in [0.2, 0.25) is 0 Å². The number of alkyl carbamates (subject to hydrolysis) is 1. The summed E-state index contributed by atoms with van der Waals surface area (Å²) in [5, 5.41) is 11.5. The topological polar surface area (TPSA) is 112 Å². The third-order valence-electron chi connectivity index (χ3n) is 9.73. The molecular formula is C35H46F2N8O2. The van der Waals surface area contributed by atoms with E-state index < -0.39 is 11.9 Å². The van der Waals surface area contributed by atoms with Crippen LogP contribution >= 0.6 is 0 Å². The van der Waals surface area contributed by atoms with E-state index in [0.717, 1.165) is 42.4 Å². The minimum atomic E-state index is -0.451. The van der Waals surface area contributed by atoms with Crippen LogP contribution in [-0.4, -0.2) is 87.7 Å². The lowest BCUT2D eigenvalue weighted by molar-refractivity contribution is 0.149. The van der Waals surface area contributed by atoms with Gasteiger partial charge in [0.25, 0.3) is 0 Å². The van der Waals surface area contributed by atoms with Gasteiger partial charge in [0.05, 0.1) is 36.9 Å². The summed E-state index contributed by atoms with van der Waals surface area (Å²) < 4.78 is 31.2. The summed E-state index contributed by atoms with van der Waals surface area (Å²) in [7, 11) is 0.500. The first-order chi connectivity index (χ1) is 22.9. The Morgan fingerprint density at radius 1 is 1.06 bits per heavy atom. The molecule has 4 aliphatic rings. The molecule has 1 amide bonds. The smallest absolute Gasteiger partial charge is 0.407 e. The number of anilines is 1.